The molecule has 2 nitrogen and oxygen atoms in total. The average Bonchev–Trinajstić information content (AvgIpc) is 2.67. The van der Waals surface area contributed by atoms with Gasteiger partial charge in [-0.3, -0.25) is 0 Å². The van der Waals surface area contributed by atoms with Crippen LogP contribution in [0.1, 0.15) is 30.9 Å². The molecular weight excluding hydrogens is 434 g/mol. The van der Waals surface area contributed by atoms with E-state index in [-0.39, 0.29) is 11.7 Å². The van der Waals surface area contributed by atoms with Crippen LogP contribution in [0.15, 0.2) is 42.6 Å². The molecule has 4 aromatic rings. The molecule has 0 N–H and O–H groups in total. The molecule has 1 aliphatic rings. The Balaban J connectivity index is 1.98. The van der Waals surface area contributed by atoms with Crippen molar-refractivity contribution in [3.8, 4) is 22.8 Å². The van der Waals surface area contributed by atoms with Crippen LogP contribution in [0.25, 0.3) is 32.8 Å². The number of benzene rings is 3. The third-order valence-corrected chi connectivity index (χ3v) is 10.3. The molecule has 2 heterocycles. The van der Waals surface area contributed by atoms with E-state index in [1.807, 2.05) is 6.07 Å². The average molecular weight is 460 g/mol. The molecule has 4 heteroatoms. The van der Waals surface area contributed by atoms with E-state index < -0.39 is 13.3 Å². The second-order valence-corrected chi connectivity index (χ2v) is 20.3. The number of hydrogen-bond acceptors (Lipinski definition) is 2. The van der Waals surface area contributed by atoms with Crippen LogP contribution in [0.5, 0.6) is 11.5 Å². The van der Waals surface area contributed by atoms with Crippen molar-refractivity contribution in [2.24, 2.45) is 0 Å². The number of ether oxygens (including phenoxy) is 1. The molecule has 30 heavy (non-hydrogen) atoms. The van der Waals surface area contributed by atoms with Crippen LogP contribution in [0.2, 0.25) is 17.3 Å². The molecule has 0 aliphatic carbocycles. The number of hydrogen-bond donors (Lipinski definition) is 0. The molecule has 0 amide bonds. The fourth-order valence-corrected chi connectivity index (χ4v) is 7.69. The molecule has 0 atom stereocenters. The molecule has 0 unspecified atom stereocenters. The van der Waals surface area contributed by atoms with Gasteiger partial charge in [-0.25, -0.2) is 0 Å². The number of fused-ring (bicyclic) bond motifs is 3. The summed E-state index contributed by atoms with van der Waals surface area (Å²) in [5.41, 5.74) is 4.22. The summed E-state index contributed by atoms with van der Waals surface area (Å²) < 4.78 is 22.7. The maximum atomic E-state index is 14.7. The van der Waals surface area contributed by atoms with E-state index in [1.165, 1.54) is 32.5 Å². The molecule has 0 saturated heterocycles. The van der Waals surface area contributed by atoms with E-state index in [1.54, 1.807) is 0 Å². The summed E-state index contributed by atoms with van der Waals surface area (Å²) in [6.07, 6.45) is 1.35. The molecule has 0 radical (unpaired) electrons. The van der Waals surface area contributed by atoms with Crippen LogP contribution in [0, 0.1) is 12.7 Å². The van der Waals surface area contributed by atoms with Gasteiger partial charge in [0.1, 0.15) is 0 Å². The Labute approximate surface area is 179 Å². The van der Waals surface area contributed by atoms with E-state index in [4.69, 9.17) is 4.74 Å². The molecule has 1 aliphatic heterocycles. The van der Waals surface area contributed by atoms with Crippen molar-refractivity contribution in [2.75, 3.05) is 0 Å². The van der Waals surface area contributed by atoms with Crippen molar-refractivity contribution in [3.05, 3.63) is 59.5 Å². The van der Waals surface area contributed by atoms with Gasteiger partial charge in [-0.15, -0.1) is 0 Å². The molecule has 0 spiro atoms. The first-order valence-electron chi connectivity index (χ1n) is 10.5. The monoisotopic (exact) mass is 461 g/mol. The molecule has 152 valence electrons. The van der Waals surface area contributed by atoms with Crippen molar-refractivity contribution < 1.29 is 9.13 Å². The second kappa shape index (κ2) is 6.55. The number of nitrogens with zero attached hydrogens (tertiary/aromatic N) is 1. The fourth-order valence-electron chi connectivity index (χ4n) is 4.67. The SMILES string of the molecule is Cc1ccc2c(C(C)C)c3c(cc2c1)-c1ncc(F)c2cc[c]([Ge]([CH3])([CH3])[CH3])c(c12)O3. The topological polar surface area (TPSA) is 22.1 Å². The van der Waals surface area contributed by atoms with Gasteiger partial charge in [0, 0.05) is 0 Å². The third-order valence-electron chi connectivity index (χ3n) is 6.09. The number of halogens is 1. The quantitative estimate of drug-likeness (QED) is 0.259. The van der Waals surface area contributed by atoms with Crippen LogP contribution in [-0.4, -0.2) is 18.3 Å². The van der Waals surface area contributed by atoms with Crippen molar-refractivity contribution in [1.29, 1.82) is 0 Å². The summed E-state index contributed by atoms with van der Waals surface area (Å²) in [6.45, 7) is 6.51. The minimum atomic E-state index is -2.28. The molecule has 1 aromatic heterocycles. The van der Waals surface area contributed by atoms with Crippen LogP contribution >= 0.6 is 0 Å². The Morgan fingerprint density at radius 3 is 2.40 bits per heavy atom. The number of aryl methyl sites for hydroxylation is 1. The molecule has 5 rings (SSSR count). The normalized spacial score (nSPS) is 13.1. The van der Waals surface area contributed by atoms with Gasteiger partial charge in [-0.05, 0) is 0 Å². The van der Waals surface area contributed by atoms with Crippen molar-refractivity contribution in [3.63, 3.8) is 0 Å². The van der Waals surface area contributed by atoms with Crippen LogP contribution in [-0.2, 0) is 0 Å². The third kappa shape index (κ3) is 2.78. The summed E-state index contributed by atoms with van der Waals surface area (Å²) in [5.74, 6) is 8.72. The molecule has 0 bridgehead atoms. The predicted molar refractivity (Wildman–Crippen MR) is 127 cm³/mol. The summed E-state index contributed by atoms with van der Waals surface area (Å²) in [5, 5.41) is 3.80. The Morgan fingerprint density at radius 2 is 1.70 bits per heavy atom. The van der Waals surface area contributed by atoms with Crippen molar-refractivity contribution in [1.82, 2.24) is 4.98 Å². The first kappa shape index (κ1) is 19.6. The second-order valence-electron chi connectivity index (χ2n) is 9.72. The van der Waals surface area contributed by atoms with Crippen LogP contribution in [0.4, 0.5) is 4.39 Å². The standard InChI is InChI=1S/C26H26FGeNO/c1-14(2)22-17-8-7-15(3)11-16(17)12-19-24-23-18(20(27)13-29-24)9-10-21(28(4,5)6)26(23)30-25(19)22/h7-14H,1-6H3. The Morgan fingerprint density at radius 1 is 0.967 bits per heavy atom. The van der Waals surface area contributed by atoms with Gasteiger partial charge in [0.25, 0.3) is 0 Å². The van der Waals surface area contributed by atoms with E-state index in [0.717, 1.165) is 28.1 Å². The summed E-state index contributed by atoms with van der Waals surface area (Å²) in [7, 11) is 0. The Kier molecular flexibility index (Phi) is 4.27. The van der Waals surface area contributed by atoms with Gasteiger partial charge < -0.3 is 0 Å². The van der Waals surface area contributed by atoms with Crippen LogP contribution in [0.3, 0.4) is 0 Å². The summed E-state index contributed by atoms with van der Waals surface area (Å²) in [4.78, 5) is 4.60. The molecule has 3 aromatic carbocycles. The Hall–Kier alpha value is -2.40. The first-order valence-corrected chi connectivity index (χ1v) is 17.9. The Bertz CT molecular complexity index is 1350. The van der Waals surface area contributed by atoms with Gasteiger partial charge >= 0.3 is 180 Å². The van der Waals surface area contributed by atoms with E-state index in [2.05, 4.69) is 73.4 Å². The fraction of sp³-hybridized carbons (Fsp3) is 0.269. The van der Waals surface area contributed by atoms with Gasteiger partial charge in [-0.2, -0.15) is 0 Å². The van der Waals surface area contributed by atoms with E-state index in [0.29, 0.717) is 5.39 Å². The zero-order chi connectivity index (χ0) is 21.4. The van der Waals surface area contributed by atoms with Gasteiger partial charge in [0.15, 0.2) is 0 Å². The maximum absolute atomic E-state index is 14.7. The molecule has 0 saturated carbocycles. The van der Waals surface area contributed by atoms with Gasteiger partial charge in [-0.1, -0.05) is 0 Å². The van der Waals surface area contributed by atoms with E-state index in [9.17, 15) is 4.39 Å². The van der Waals surface area contributed by atoms with Crippen molar-refractivity contribution >= 4 is 39.2 Å². The number of pyridine rings is 1. The van der Waals surface area contributed by atoms with Gasteiger partial charge in [0.05, 0.1) is 0 Å². The number of rotatable bonds is 2. The summed E-state index contributed by atoms with van der Waals surface area (Å²) in [6, 6.07) is 12.7. The molecule has 0 fully saturated rings. The minimum absolute atomic E-state index is 0.283. The van der Waals surface area contributed by atoms with Gasteiger partial charge in [0.2, 0.25) is 0 Å². The number of aromatic nitrogens is 1. The van der Waals surface area contributed by atoms with Crippen LogP contribution < -0.4 is 9.13 Å². The first-order chi connectivity index (χ1) is 14.2. The zero-order valence-corrected chi connectivity index (χ0v) is 20.5. The predicted octanol–water partition coefficient (Wildman–Crippen LogP) is 7.28. The molecular formula is C26H26FGeNO. The van der Waals surface area contributed by atoms with Crippen molar-refractivity contribution in [2.45, 2.75) is 44.0 Å². The summed E-state index contributed by atoms with van der Waals surface area (Å²) >= 11 is -2.28. The van der Waals surface area contributed by atoms with E-state index >= 15 is 0 Å². The zero-order valence-electron chi connectivity index (χ0n) is 18.4.